The standard InChI is InChI=1S/C17H21ClN4O/c18-15-10-14(4-3-12(15)11-19)21-8-5-13(6-9-21)22-7-1-2-16(22)17(20)23/h3-4,10,13,16H,1-2,5-9H2,(H2,20,23). The lowest BCUT2D eigenvalue weighted by Gasteiger charge is -2.39. The topological polar surface area (TPSA) is 73.4 Å². The predicted octanol–water partition coefficient (Wildman–Crippen LogP) is 2.13. The average Bonchev–Trinajstić information content (AvgIpc) is 3.05. The first-order chi connectivity index (χ1) is 11.1. The molecule has 2 fully saturated rings. The van der Waals surface area contributed by atoms with Gasteiger partial charge in [-0.3, -0.25) is 9.69 Å². The summed E-state index contributed by atoms with van der Waals surface area (Å²) in [7, 11) is 0. The molecule has 1 aromatic carbocycles. The minimum atomic E-state index is -0.191. The molecule has 0 aromatic heterocycles. The van der Waals surface area contributed by atoms with E-state index < -0.39 is 0 Å². The molecule has 2 N–H and O–H groups in total. The fourth-order valence-corrected chi connectivity index (χ4v) is 4.00. The van der Waals surface area contributed by atoms with Gasteiger partial charge in [0, 0.05) is 24.8 Å². The number of hydrogen-bond donors (Lipinski definition) is 1. The molecule has 6 heteroatoms. The van der Waals surface area contributed by atoms with Crippen LogP contribution in [0.2, 0.25) is 5.02 Å². The molecule has 122 valence electrons. The Morgan fingerprint density at radius 1 is 1.26 bits per heavy atom. The maximum Gasteiger partial charge on any atom is 0.234 e. The van der Waals surface area contributed by atoms with Gasteiger partial charge in [0.25, 0.3) is 0 Å². The molecular formula is C17H21ClN4O. The van der Waals surface area contributed by atoms with E-state index in [1.165, 1.54) is 0 Å². The number of anilines is 1. The number of nitrogens with two attached hydrogens (primary N) is 1. The highest BCUT2D eigenvalue weighted by Crippen LogP contribution is 2.29. The van der Waals surface area contributed by atoms with Crippen LogP contribution in [-0.4, -0.2) is 42.5 Å². The Hall–Kier alpha value is -1.77. The van der Waals surface area contributed by atoms with Crippen molar-refractivity contribution in [3.05, 3.63) is 28.8 Å². The van der Waals surface area contributed by atoms with Gasteiger partial charge in [-0.05, 0) is 50.4 Å². The van der Waals surface area contributed by atoms with Crippen LogP contribution >= 0.6 is 11.6 Å². The van der Waals surface area contributed by atoms with Crippen LogP contribution in [0.25, 0.3) is 0 Å². The van der Waals surface area contributed by atoms with Crippen LogP contribution in [0.5, 0.6) is 0 Å². The number of hydrogen-bond acceptors (Lipinski definition) is 4. The van der Waals surface area contributed by atoms with Crippen LogP contribution in [0.15, 0.2) is 18.2 Å². The number of halogens is 1. The van der Waals surface area contributed by atoms with E-state index in [1.807, 2.05) is 12.1 Å². The van der Waals surface area contributed by atoms with E-state index in [1.54, 1.807) is 6.07 Å². The van der Waals surface area contributed by atoms with Crippen molar-refractivity contribution in [1.29, 1.82) is 5.26 Å². The normalized spacial score (nSPS) is 23.0. The number of benzene rings is 1. The summed E-state index contributed by atoms with van der Waals surface area (Å²) in [4.78, 5) is 16.2. The number of nitrogens with zero attached hydrogens (tertiary/aromatic N) is 3. The van der Waals surface area contributed by atoms with Crippen molar-refractivity contribution in [2.75, 3.05) is 24.5 Å². The van der Waals surface area contributed by atoms with E-state index >= 15 is 0 Å². The van der Waals surface area contributed by atoms with Crippen molar-refractivity contribution in [1.82, 2.24) is 4.90 Å². The van der Waals surface area contributed by atoms with Gasteiger partial charge in [0.05, 0.1) is 16.6 Å². The molecule has 5 nitrogen and oxygen atoms in total. The van der Waals surface area contributed by atoms with E-state index in [4.69, 9.17) is 22.6 Å². The average molecular weight is 333 g/mol. The van der Waals surface area contributed by atoms with E-state index in [9.17, 15) is 4.79 Å². The van der Waals surface area contributed by atoms with Crippen LogP contribution in [-0.2, 0) is 4.79 Å². The highest BCUT2D eigenvalue weighted by Gasteiger charge is 2.35. The molecule has 0 aliphatic carbocycles. The fourth-order valence-electron chi connectivity index (χ4n) is 3.78. The van der Waals surface area contributed by atoms with Crippen LogP contribution < -0.4 is 10.6 Å². The van der Waals surface area contributed by atoms with Crippen molar-refractivity contribution in [3.63, 3.8) is 0 Å². The minimum absolute atomic E-state index is 0.0871. The third kappa shape index (κ3) is 3.29. The summed E-state index contributed by atoms with van der Waals surface area (Å²) < 4.78 is 0. The Morgan fingerprint density at radius 3 is 2.61 bits per heavy atom. The second-order valence-corrected chi connectivity index (χ2v) is 6.70. The molecule has 2 aliphatic rings. The van der Waals surface area contributed by atoms with Crippen molar-refractivity contribution in [2.24, 2.45) is 5.73 Å². The van der Waals surface area contributed by atoms with Gasteiger partial charge in [0.1, 0.15) is 6.07 Å². The molecule has 1 aromatic rings. The Labute approximate surface area is 141 Å². The molecule has 2 aliphatic heterocycles. The highest BCUT2D eigenvalue weighted by atomic mass is 35.5. The lowest BCUT2D eigenvalue weighted by molar-refractivity contribution is -0.123. The van der Waals surface area contributed by atoms with Gasteiger partial charge in [0.2, 0.25) is 5.91 Å². The zero-order chi connectivity index (χ0) is 16.4. The van der Waals surface area contributed by atoms with Crippen LogP contribution in [0.4, 0.5) is 5.69 Å². The Balaban J connectivity index is 1.63. The SMILES string of the molecule is N#Cc1ccc(N2CCC(N3CCCC3C(N)=O)CC2)cc1Cl. The number of piperidine rings is 1. The summed E-state index contributed by atoms with van der Waals surface area (Å²) in [5.74, 6) is -0.191. The second-order valence-electron chi connectivity index (χ2n) is 6.29. The first kappa shape index (κ1) is 16.1. The van der Waals surface area contributed by atoms with Crippen LogP contribution in [0.3, 0.4) is 0 Å². The van der Waals surface area contributed by atoms with E-state index in [0.717, 1.165) is 51.0 Å². The molecule has 0 saturated carbocycles. The predicted molar refractivity (Wildman–Crippen MR) is 90.3 cm³/mol. The first-order valence-electron chi connectivity index (χ1n) is 8.10. The zero-order valence-corrected chi connectivity index (χ0v) is 13.8. The summed E-state index contributed by atoms with van der Waals surface area (Å²) >= 11 is 6.13. The number of rotatable bonds is 3. The van der Waals surface area contributed by atoms with Gasteiger partial charge >= 0.3 is 0 Å². The van der Waals surface area contributed by atoms with Crippen LogP contribution in [0.1, 0.15) is 31.2 Å². The first-order valence-corrected chi connectivity index (χ1v) is 8.47. The number of nitriles is 1. The Bertz CT molecular complexity index is 634. The molecule has 1 unspecified atom stereocenters. The fraction of sp³-hybridized carbons (Fsp3) is 0.529. The highest BCUT2D eigenvalue weighted by molar-refractivity contribution is 6.32. The Morgan fingerprint density at radius 2 is 2.00 bits per heavy atom. The molecule has 1 atom stereocenters. The van der Waals surface area contributed by atoms with Gasteiger partial charge in [-0.15, -0.1) is 0 Å². The molecule has 0 spiro atoms. The van der Waals surface area contributed by atoms with Crippen LogP contribution in [0, 0.1) is 11.3 Å². The quantitative estimate of drug-likeness (QED) is 0.920. The largest absolute Gasteiger partial charge is 0.371 e. The molecule has 0 radical (unpaired) electrons. The van der Waals surface area contributed by atoms with Gasteiger partial charge in [-0.25, -0.2) is 0 Å². The molecular weight excluding hydrogens is 312 g/mol. The van der Waals surface area contributed by atoms with Gasteiger partial charge in [-0.2, -0.15) is 5.26 Å². The summed E-state index contributed by atoms with van der Waals surface area (Å²) in [6.45, 7) is 2.82. The molecule has 1 amide bonds. The van der Waals surface area contributed by atoms with E-state index in [-0.39, 0.29) is 11.9 Å². The van der Waals surface area contributed by atoms with E-state index in [0.29, 0.717) is 16.6 Å². The molecule has 3 rings (SSSR count). The van der Waals surface area contributed by atoms with Gasteiger partial charge < -0.3 is 10.6 Å². The summed E-state index contributed by atoms with van der Waals surface area (Å²) in [6.07, 6.45) is 3.97. The van der Waals surface area contributed by atoms with Crippen molar-refractivity contribution < 1.29 is 4.79 Å². The summed E-state index contributed by atoms with van der Waals surface area (Å²) in [5, 5.41) is 9.45. The molecule has 0 bridgehead atoms. The lowest BCUT2D eigenvalue weighted by atomic mass is 10.0. The Kier molecular flexibility index (Phi) is 4.74. The van der Waals surface area contributed by atoms with Gasteiger partial charge in [-0.1, -0.05) is 11.6 Å². The summed E-state index contributed by atoms with van der Waals surface area (Å²) in [6, 6.07) is 8.01. The lowest BCUT2D eigenvalue weighted by Crippen LogP contribution is -2.50. The minimum Gasteiger partial charge on any atom is -0.371 e. The van der Waals surface area contributed by atoms with E-state index in [2.05, 4.69) is 15.9 Å². The molecule has 2 heterocycles. The molecule has 23 heavy (non-hydrogen) atoms. The number of likely N-dealkylation sites (tertiary alicyclic amines) is 1. The van der Waals surface area contributed by atoms with Gasteiger partial charge in [0.15, 0.2) is 0 Å². The van der Waals surface area contributed by atoms with Crippen molar-refractivity contribution >= 4 is 23.2 Å². The maximum atomic E-state index is 11.6. The number of primary amides is 1. The smallest absolute Gasteiger partial charge is 0.234 e. The number of carbonyl (C=O) groups excluding carboxylic acids is 1. The van der Waals surface area contributed by atoms with Crippen molar-refractivity contribution in [3.8, 4) is 6.07 Å². The summed E-state index contributed by atoms with van der Waals surface area (Å²) in [5.41, 5.74) is 7.09. The monoisotopic (exact) mass is 332 g/mol. The third-order valence-corrected chi connectivity index (χ3v) is 5.31. The number of amides is 1. The maximum absolute atomic E-state index is 11.6. The zero-order valence-electron chi connectivity index (χ0n) is 13.0. The molecule has 2 saturated heterocycles. The number of carbonyl (C=O) groups is 1. The van der Waals surface area contributed by atoms with Crippen molar-refractivity contribution in [2.45, 2.75) is 37.8 Å². The second kappa shape index (κ2) is 6.77. The third-order valence-electron chi connectivity index (χ3n) is 4.99.